The number of hydrogen-bond acceptors (Lipinski definition) is 8. The zero-order valence-corrected chi connectivity index (χ0v) is 23.5. The molecule has 0 radical (unpaired) electrons. The van der Waals surface area contributed by atoms with Gasteiger partial charge in [0.1, 0.15) is 11.9 Å². The molecule has 0 aliphatic carbocycles. The standard InChI is InChI=1S/C29H33F3N8O2/c1-17-16-40(8-7-38(17)2)25-11-23(30)20(18-3-5-39(6-4-18)19-13-34-26(12-33)35-14-19)9-24(25)37-29(42)22-15-36-27(41)10-21(22)28(31)32/h3,9,11,13-14,17,21-22,28H,4-8,10,15-16H2,1-2H3,(H,36,41)(H,37,42)/t17-,21?,22?/m0/s1. The van der Waals surface area contributed by atoms with Crippen LogP contribution < -0.4 is 20.4 Å². The van der Waals surface area contributed by atoms with Crippen LogP contribution in [-0.4, -0.2) is 85.5 Å². The first-order valence-electron chi connectivity index (χ1n) is 14.0. The molecule has 222 valence electrons. The molecular weight excluding hydrogens is 549 g/mol. The third-order valence-corrected chi connectivity index (χ3v) is 8.42. The molecule has 2 unspecified atom stereocenters. The second-order valence-electron chi connectivity index (χ2n) is 11.0. The number of aromatic nitrogens is 2. The molecule has 1 aromatic heterocycles. The average Bonchev–Trinajstić information content (AvgIpc) is 2.99. The van der Waals surface area contributed by atoms with Crippen LogP contribution >= 0.6 is 0 Å². The number of piperazine rings is 1. The summed E-state index contributed by atoms with van der Waals surface area (Å²) in [5.41, 5.74) is 2.66. The van der Waals surface area contributed by atoms with E-state index in [1.165, 1.54) is 6.07 Å². The van der Waals surface area contributed by atoms with E-state index in [1.54, 1.807) is 18.5 Å². The van der Waals surface area contributed by atoms with Gasteiger partial charge in [-0.3, -0.25) is 9.59 Å². The third kappa shape index (κ3) is 6.18. The topological polar surface area (TPSA) is 117 Å². The summed E-state index contributed by atoms with van der Waals surface area (Å²) in [6, 6.07) is 5.08. The van der Waals surface area contributed by atoms with Gasteiger partial charge in [-0.15, -0.1) is 0 Å². The molecule has 42 heavy (non-hydrogen) atoms. The Bertz CT molecular complexity index is 1410. The molecule has 4 heterocycles. The summed E-state index contributed by atoms with van der Waals surface area (Å²) < 4.78 is 43.3. The normalized spacial score (nSPS) is 23.3. The van der Waals surface area contributed by atoms with E-state index < -0.39 is 42.3 Å². The highest BCUT2D eigenvalue weighted by Gasteiger charge is 2.40. The second-order valence-corrected chi connectivity index (χ2v) is 11.0. The van der Waals surface area contributed by atoms with E-state index in [-0.39, 0.29) is 18.4 Å². The van der Waals surface area contributed by atoms with Gasteiger partial charge in [-0.05, 0) is 38.1 Å². The molecule has 3 aliphatic rings. The SMILES string of the molecule is C[C@H]1CN(c2cc(F)c(C3=CCN(c4cnc(C#N)nc4)CC3)cc2NC(=O)C2CNC(=O)CC2C(F)F)CCN1C. The fraction of sp³-hybridized carbons (Fsp3) is 0.483. The Balaban J connectivity index is 1.44. The van der Waals surface area contributed by atoms with Crippen molar-refractivity contribution in [3.8, 4) is 6.07 Å². The van der Waals surface area contributed by atoms with Crippen LogP contribution in [0.3, 0.4) is 0 Å². The number of rotatable bonds is 6. The Morgan fingerprint density at radius 3 is 2.60 bits per heavy atom. The van der Waals surface area contributed by atoms with Gasteiger partial charge in [0.2, 0.25) is 24.1 Å². The van der Waals surface area contributed by atoms with Crippen molar-refractivity contribution in [2.45, 2.75) is 32.2 Å². The number of nitrogens with zero attached hydrogens (tertiary/aromatic N) is 6. The Morgan fingerprint density at radius 1 is 1.19 bits per heavy atom. The Morgan fingerprint density at radius 2 is 1.95 bits per heavy atom. The lowest BCUT2D eigenvalue weighted by molar-refractivity contribution is -0.133. The lowest BCUT2D eigenvalue weighted by Crippen LogP contribution is -2.50. The summed E-state index contributed by atoms with van der Waals surface area (Å²) in [4.78, 5) is 39.4. The van der Waals surface area contributed by atoms with Crippen LogP contribution in [0.4, 0.5) is 30.2 Å². The van der Waals surface area contributed by atoms with Crippen LogP contribution in [0.5, 0.6) is 0 Å². The van der Waals surface area contributed by atoms with Gasteiger partial charge in [0.15, 0.2) is 0 Å². The molecule has 2 fully saturated rings. The zero-order valence-electron chi connectivity index (χ0n) is 23.5. The van der Waals surface area contributed by atoms with Crippen molar-refractivity contribution in [2.75, 3.05) is 61.4 Å². The van der Waals surface area contributed by atoms with E-state index in [1.807, 2.05) is 29.0 Å². The number of anilines is 3. The van der Waals surface area contributed by atoms with Crippen molar-refractivity contribution in [2.24, 2.45) is 11.8 Å². The van der Waals surface area contributed by atoms with Gasteiger partial charge in [0.25, 0.3) is 0 Å². The van der Waals surface area contributed by atoms with E-state index in [0.29, 0.717) is 49.5 Å². The van der Waals surface area contributed by atoms with Crippen LogP contribution in [0.15, 0.2) is 30.6 Å². The number of nitriles is 1. The van der Waals surface area contributed by atoms with Crippen LogP contribution in [0.1, 0.15) is 31.2 Å². The molecule has 2 aromatic rings. The number of carbonyl (C=O) groups is 2. The smallest absolute Gasteiger partial charge is 0.242 e. The van der Waals surface area contributed by atoms with Crippen molar-refractivity contribution in [3.63, 3.8) is 0 Å². The van der Waals surface area contributed by atoms with Crippen molar-refractivity contribution in [3.05, 3.63) is 47.8 Å². The first-order valence-corrected chi connectivity index (χ1v) is 14.0. The maximum Gasteiger partial charge on any atom is 0.242 e. The fourth-order valence-electron chi connectivity index (χ4n) is 5.71. The van der Waals surface area contributed by atoms with Crippen molar-refractivity contribution >= 4 is 34.4 Å². The van der Waals surface area contributed by atoms with Crippen molar-refractivity contribution < 1.29 is 22.8 Å². The molecule has 3 atom stereocenters. The predicted octanol–water partition coefficient (Wildman–Crippen LogP) is 2.88. The number of alkyl halides is 2. The summed E-state index contributed by atoms with van der Waals surface area (Å²) in [7, 11) is 2.01. The maximum absolute atomic E-state index is 15.7. The van der Waals surface area contributed by atoms with E-state index in [2.05, 4.69) is 32.4 Å². The quantitative estimate of drug-likeness (QED) is 0.534. The third-order valence-electron chi connectivity index (χ3n) is 8.42. The minimum Gasteiger partial charge on any atom is -0.367 e. The molecule has 0 bridgehead atoms. The maximum atomic E-state index is 15.7. The van der Waals surface area contributed by atoms with Gasteiger partial charge >= 0.3 is 0 Å². The van der Waals surface area contributed by atoms with Gasteiger partial charge in [0, 0.05) is 63.2 Å². The number of amides is 2. The van der Waals surface area contributed by atoms with Gasteiger partial charge < -0.3 is 25.3 Å². The Labute approximate surface area is 242 Å². The van der Waals surface area contributed by atoms with Gasteiger partial charge in [0.05, 0.1) is 35.4 Å². The number of hydrogen-bond donors (Lipinski definition) is 2. The van der Waals surface area contributed by atoms with Crippen LogP contribution in [0, 0.1) is 29.0 Å². The Kier molecular flexibility index (Phi) is 8.63. The molecular formula is C29H33F3N8O2. The van der Waals surface area contributed by atoms with Gasteiger partial charge in [-0.1, -0.05) is 6.08 Å². The number of benzene rings is 1. The molecule has 3 aliphatic heterocycles. The molecule has 2 N–H and O–H groups in total. The largest absolute Gasteiger partial charge is 0.367 e. The lowest BCUT2D eigenvalue weighted by atomic mass is 9.85. The van der Waals surface area contributed by atoms with E-state index >= 15 is 4.39 Å². The molecule has 5 rings (SSSR count). The lowest BCUT2D eigenvalue weighted by Gasteiger charge is -2.40. The molecule has 10 nitrogen and oxygen atoms in total. The number of carbonyl (C=O) groups excluding carboxylic acids is 2. The van der Waals surface area contributed by atoms with Gasteiger partial charge in [-0.2, -0.15) is 5.26 Å². The van der Waals surface area contributed by atoms with Crippen molar-refractivity contribution in [1.82, 2.24) is 20.2 Å². The van der Waals surface area contributed by atoms with Crippen LogP contribution in [0.2, 0.25) is 0 Å². The first-order chi connectivity index (χ1) is 20.1. The molecule has 13 heteroatoms. The van der Waals surface area contributed by atoms with Gasteiger partial charge in [-0.25, -0.2) is 23.1 Å². The fourth-order valence-corrected chi connectivity index (χ4v) is 5.71. The molecule has 2 amide bonds. The minimum atomic E-state index is -2.83. The zero-order chi connectivity index (χ0) is 30.0. The summed E-state index contributed by atoms with van der Waals surface area (Å²) >= 11 is 0. The van der Waals surface area contributed by atoms with E-state index in [4.69, 9.17) is 5.26 Å². The summed E-state index contributed by atoms with van der Waals surface area (Å²) in [5, 5.41) is 14.3. The number of halogens is 3. The van der Waals surface area contributed by atoms with E-state index in [9.17, 15) is 18.4 Å². The summed E-state index contributed by atoms with van der Waals surface area (Å²) in [6.45, 7) is 4.83. The Hall–Kier alpha value is -4.18. The predicted molar refractivity (Wildman–Crippen MR) is 151 cm³/mol. The summed E-state index contributed by atoms with van der Waals surface area (Å²) in [5.74, 6) is -4.02. The van der Waals surface area contributed by atoms with Crippen molar-refractivity contribution in [1.29, 1.82) is 5.26 Å². The molecule has 2 saturated heterocycles. The van der Waals surface area contributed by atoms with E-state index in [0.717, 1.165) is 17.8 Å². The second kappa shape index (κ2) is 12.4. The highest BCUT2D eigenvalue weighted by atomic mass is 19.3. The minimum absolute atomic E-state index is 0.0777. The molecule has 0 spiro atoms. The highest BCUT2D eigenvalue weighted by Crippen LogP contribution is 2.37. The number of nitrogens with one attached hydrogen (secondary N) is 2. The number of likely N-dealkylation sites (N-methyl/N-ethyl adjacent to an activating group) is 1. The van der Waals surface area contributed by atoms with Crippen LogP contribution in [-0.2, 0) is 9.59 Å². The van der Waals surface area contributed by atoms with Crippen LogP contribution in [0.25, 0.3) is 5.57 Å². The molecule has 0 saturated carbocycles. The molecule has 1 aromatic carbocycles. The summed E-state index contributed by atoms with van der Waals surface area (Å²) in [6.07, 6.45) is 2.28. The monoisotopic (exact) mass is 582 g/mol. The first kappa shape index (κ1) is 29.3. The highest BCUT2D eigenvalue weighted by molar-refractivity contribution is 5.98. The average molecular weight is 583 g/mol. The number of piperidine rings is 1.